The van der Waals surface area contributed by atoms with Gasteiger partial charge >= 0.3 is 0 Å². The highest BCUT2D eigenvalue weighted by molar-refractivity contribution is 5.78. The van der Waals surface area contributed by atoms with Crippen molar-refractivity contribution in [1.29, 1.82) is 0 Å². The van der Waals surface area contributed by atoms with Gasteiger partial charge in [0.05, 0.1) is 23.4 Å². The first kappa shape index (κ1) is 11.3. The summed E-state index contributed by atoms with van der Waals surface area (Å²) in [5, 5.41) is 11.0. The maximum absolute atomic E-state index is 12.1. The number of aryl methyl sites for hydroxylation is 2. The summed E-state index contributed by atoms with van der Waals surface area (Å²) in [6, 6.07) is 5.32. The number of carboxylic acids is 1. The van der Waals surface area contributed by atoms with Crippen molar-refractivity contribution in [2.45, 2.75) is 20.4 Å². The van der Waals surface area contributed by atoms with Gasteiger partial charge in [0.1, 0.15) is 5.82 Å². The molecule has 1 aromatic heterocycles. The summed E-state index contributed by atoms with van der Waals surface area (Å²) in [6.45, 7) is 2.99. The molecule has 0 fully saturated rings. The van der Waals surface area contributed by atoms with Crippen LogP contribution in [0.5, 0.6) is 0 Å². The fourth-order valence-electron chi connectivity index (χ4n) is 1.76. The lowest BCUT2D eigenvalue weighted by atomic mass is 10.1. The molecule has 88 valence electrons. The van der Waals surface area contributed by atoms with E-state index in [0.29, 0.717) is 16.7 Å². The summed E-state index contributed by atoms with van der Waals surface area (Å²) in [5.41, 5.74) is 1.16. The molecule has 0 saturated carbocycles. The molecule has 17 heavy (non-hydrogen) atoms. The van der Waals surface area contributed by atoms with Crippen LogP contribution in [0.4, 0.5) is 0 Å². The summed E-state index contributed by atoms with van der Waals surface area (Å²) < 4.78 is 1.11. The van der Waals surface area contributed by atoms with E-state index in [4.69, 9.17) is 0 Å². The van der Waals surface area contributed by atoms with Crippen molar-refractivity contribution < 1.29 is 9.90 Å². The van der Waals surface area contributed by atoms with Gasteiger partial charge in [-0.25, -0.2) is 4.98 Å². The van der Waals surface area contributed by atoms with Gasteiger partial charge in [0.15, 0.2) is 0 Å². The minimum atomic E-state index is -1.30. The highest BCUT2D eigenvalue weighted by Gasteiger charge is 2.07. The molecule has 0 aliphatic carbocycles. The second kappa shape index (κ2) is 4.01. The Morgan fingerprint density at radius 3 is 2.76 bits per heavy atom. The van der Waals surface area contributed by atoms with Gasteiger partial charge < -0.3 is 9.90 Å². The monoisotopic (exact) mass is 231 g/mol. The maximum Gasteiger partial charge on any atom is 0.261 e. The Kier molecular flexibility index (Phi) is 2.67. The van der Waals surface area contributed by atoms with Crippen LogP contribution >= 0.6 is 0 Å². The Labute approximate surface area is 97.3 Å². The fourth-order valence-corrected chi connectivity index (χ4v) is 1.76. The quantitative estimate of drug-likeness (QED) is 0.715. The van der Waals surface area contributed by atoms with Gasteiger partial charge in [0, 0.05) is 0 Å². The zero-order chi connectivity index (χ0) is 12.6. The molecule has 5 heteroatoms. The van der Waals surface area contributed by atoms with E-state index in [0.717, 1.165) is 10.1 Å². The number of benzene rings is 1. The average Bonchev–Trinajstić information content (AvgIpc) is 2.25. The van der Waals surface area contributed by atoms with Gasteiger partial charge in [-0.2, -0.15) is 0 Å². The normalized spacial score (nSPS) is 10.7. The van der Waals surface area contributed by atoms with Gasteiger partial charge in [0.2, 0.25) is 0 Å². The lowest BCUT2D eigenvalue weighted by molar-refractivity contribution is -0.306. The minimum absolute atomic E-state index is 0.347. The van der Waals surface area contributed by atoms with Crippen molar-refractivity contribution in [2.24, 2.45) is 0 Å². The van der Waals surface area contributed by atoms with Crippen molar-refractivity contribution in [2.75, 3.05) is 0 Å². The number of carbonyl (C=O) groups is 1. The Bertz CT molecular complexity index is 659. The number of aliphatic carboxylic acids is 1. The smallest absolute Gasteiger partial charge is 0.261 e. The van der Waals surface area contributed by atoms with E-state index >= 15 is 0 Å². The van der Waals surface area contributed by atoms with Crippen LogP contribution in [-0.4, -0.2) is 15.5 Å². The van der Waals surface area contributed by atoms with Crippen molar-refractivity contribution in [3.8, 4) is 0 Å². The first-order valence-electron chi connectivity index (χ1n) is 5.16. The van der Waals surface area contributed by atoms with Crippen molar-refractivity contribution >= 4 is 16.9 Å². The molecule has 0 radical (unpaired) electrons. The highest BCUT2D eigenvalue weighted by atomic mass is 16.4. The van der Waals surface area contributed by atoms with E-state index in [1.807, 2.05) is 13.0 Å². The number of aromatic nitrogens is 2. The Morgan fingerprint density at radius 1 is 1.41 bits per heavy atom. The Morgan fingerprint density at radius 2 is 2.12 bits per heavy atom. The average molecular weight is 231 g/mol. The molecule has 0 unspecified atom stereocenters. The van der Waals surface area contributed by atoms with E-state index in [9.17, 15) is 14.7 Å². The van der Waals surface area contributed by atoms with Gasteiger partial charge in [-0.3, -0.25) is 9.36 Å². The number of hydrogen-bond acceptors (Lipinski definition) is 4. The second-order valence-electron chi connectivity index (χ2n) is 3.94. The van der Waals surface area contributed by atoms with Gasteiger partial charge in [-0.05, 0) is 26.0 Å². The van der Waals surface area contributed by atoms with Crippen molar-refractivity contribution in [1.82, 2.24) is 9.55 Å². The van der Waals surface area contributed by atoms with Gasteiger partial charge in [0.25, 0.3) is 5.56 Å². The molecule has 0 saturated heterocycles. The van der Waals surface area contributed by atoms with Gasteiger partial charge in [-0.1, -0.05) is 11.6 Å². The van der Waals surface area contributed by atoms with Crippen LogP contribution in [0, 0.1) is 13.8 Å². The molecule has 2 rings (SSSR count). The fraction of sp³-hybridized carbons (Fsp3) is 0.250. The Hall–Kier alpha value is -2.17. The van der Waals surface area contributed by atoms with Gasteiger partial charge in [-0.15, -0.1) is 0 Å². The van der Waals surface area contributed by atoms with Crippen molar-refractivity contribution in [3.05, 3.63) is 39.9 Å². The number of fused-ring (bicyclic) bond motifs is 1. The lowest BCUT2D eigenvalue weighted by Gasteiger charge is -2.11. The number of hydrogen-bond donors (Lipinski definition) is 0. The number of rotatable bonds is 2. The summed E-state index contributed by atoms with van der Waals surface area (Å²) >= 11 is 0. The van der Waals surface area contributed by atoms with Crippen LogP contribution in [0.3, 0.4) is 0 Å². The number of carbonyl (C=O) groups excluding carboxylic acids is 1. The second-order valence-corrected chi connectivity index (χ2v) is 3.94. The molecule has 2 aromatic rings. The zero-order valence-corrected chi connectivity index (χ0v) is 9.56. The molecule has 0 N–H and O–H groups in total. The predicted molar refractivity (Wildman–Crippen MR) is 60.5 cm³/mol. The van der Waals surface area contributed by atoms with Crippen LogP contribution in [0.1, 0.15) is 11.4 Å². The first-order chi connectivity index (χ1) is 7.99. The van der Waals surface area contributed by atoms with Crippen LogP contribution in [0.15, 0.2) is 23.0 Å². The molecular formula is C12H11N2O3-. The SMILES string of the molecule is Cc1ccc2nc(C)n(CC(=O)[O-])c(=O)c2c1. The summed E-state index contributed by atoms with van der Waals surface area (Å²) in [4.78, 5) is 26.8. The first-order valence-corrected chi connectivity index (χ1v) is 5.16. The molecule has 0 aliphatic rings. The molecule has 0 amide bonds. The van der Waals surface area contributed by atoms with E-state index in [1.165, 1.54) is 0 Å². The van der Waals surface area contributed by atoms with E-state index < -0.39 is 12.5 Å². The van der Waals surface area contributed by atoms with E-state index in [-0.39, 0.29) is 5.56 Å². The van der Waals surface area contributed by atoms with Crippen LogP contribution in [0.25, 0.3) is 10.9 Å². The summed E-state index contributed by atoms with van der Waals surface area (Å²) in [5.74, 6) is -0.931. The third-order valence-electron chi connectivity index (χ3n) is 2.59. The summed E-state index contributed by atoms with van der Waals surface area (Å²) in [7, 11) is 0. The standard InChI is InChI=1S/C12H12N2O3/c1-7-3-4-10-9(5-7)12(17)14(6-11(15)16)8(2)13-10/h3-5H,6H2,1-2H3,(H,15,16)/p-1. The topological polar surface area (TPSA) is 75.0 Å². The molecular weight excluding hydrogens is 220 g/mol. The third kappa shape index (κ3) is 2.04. The third-order valence-corrected chi connectivity index (χ3v) is 2.59. The van der Waals surface area contributed by atoms with Crippen LogP contribution < -0.4 is 10.7 Å². The lowest BCUT2D eigenvalue weighted by Crippen LogP contribution is -2.34. The minimum Gasteiger partial charge on any atom is -0.548 e. The summed E-state index contributed by atoms with van der Waals surface area (Å²) in [6.07, 6.45) is 0. The molecule has 1 aromatic carbocycles. The molecule has 1 heterocycles. The van der Waals surface area contributed by atoms with E-state index in [1.54, 1.807) is 19.1 Å². The maximum atomic E-state index is 12.1. The van der Waals surface area contributed by atoms with E-state index in [2.05, 4.69) is 4.98 Å². The molecule has 0 bridgehead atoms. The highest BCUT2D eigenvalue weighted by Crippen LogP contribution is 2.10. The molecule has 0 spiro atoms. The number of nitrogens with zero attached hydrogens (tertiary/aromatic N) is 2. The molecule has 0 atom stereocenters. The molecule has 5 nitrogen and oxygen atoms in total. The largest absolute Gasteiger partial charge is 0.548 e. The molecule has 0 aliphatic heterocycles. The zero-order valence-electron chi connectivity index (χ0n) is 9.56. The van der Waals surface area contributed by atoms with Crippen LogP contribution in [0.2, 0.25) is 0 Å². The number of carboxylic acid groups (broad SMARTS) is 1. The van der Waals surface area contributed by atoms with Crippen molar-refractivity contribution in [3.63, 3.8) is 0 Å². The predicted octanol–water partition coefficient (Wildman–Crippen LogP) is -0.237. The Balaban J connectivity index is 2.78. The van der Waals surface area contributed by atoms with Crippen LogP contribution in [-0.2, 0) is 11.3 Å².